The van der Waals surface area contributed by atoms with Gasteiger partial charge in [-0.15, -0.1) is 0 Å². The summed E-state index contributed by atoms with van der Waals surface area (Å²) in [7, 11) is 0. The molecule has 0 heterocycles. The van der Waals surface area contributed by atoms with Gasteiger partial charge >= 0.3 is 6.61 Å². The van der Waals surface area contributed by atoms with Crippen LogP contribution >= 0.6 is 0 Å². The normalized spacial score (nSPS) is 10.3. The van der Waals surface area contributed by atoms with E-state index in [-0.39, 0.29) is 18.0 Å². The summed E-state index contributed by atoms with van der Waals surface area (Å²) < 4.78 is 28.5. The number of aryl methyl sites for hydroxylation is 1. The van der Waals surface area contributed by atoms with Crippen LogP contribution in [0.15, 0.2) is 18.2 Å². The van der Waals surface area contributed by atoms with E-state index in [2.05, 4.69) is 10.1 Å². The van der Waals surface area contributed by atoms with E-state index < -0.39 is 12.5 Å². The monoisotopic (exact) mass is 230 g/mol. The van der Waals surface area contributed by atoms with Crippen LogP contribution in [0.1, 0.15) is 5.56 Å². The van der Waals surface area contributed by atoms with Crippen molar-refractivity contribution in [1.29, 1.82) is 0 Å². The second kappa shape index (κ2) is 5.41. The van der Waals surface area contributed by atoms with Gasteiger partial charge in [0.05, 0.1) is 12.2 Å². The third-order valence-corrected chi connectivity index (χ3v) is 1.90. The number of benzene rings is 1. The largest absolute Gasteiger partial charge is 0.433 e. The molecular formula is C10H12F2N2O2. The quantitative estimate of drug-likeness (QED) is 0.823. The Balaban J connectivity index is 2.98. The number of halogens is 2. The lowest BCUT2D eigenvalue weighted by Crippen LogP contribution is -2.23. The maximum absolute atomic E-state index is 12.1. The number of nitrogens with one attached hydrogen (secondary N) is 1. The summed E-state index contributed by atoms with van der Waals surface area (Å²) in [6, 6.07) is 4.58. The molecule has 4 nitrogen and oxygen atoms in total. The minimum absolute atomic E-state index is 0.0724. The maximum Gasteiger partial charge on any atom is 0.387 e. The van der Waals surface area contributed by atoms with Crippen molar-refractivity contribution in [3.8, 4) is 5.75 Å². The van der Waals surface area contributed by atoms with Crippen molar-refractivity contribution in [3.05, 3.63) is 23.8 Å². The third-order valence-electron chi connectivity index (χ3n) is 1.90. The zero-order valence-electron chi connectivity index (χ0n) is 8.67. The van der Waals surface area contributed by atoms with Crippen LogP contribution in [-0.4, -0.2) is 19.1 Å². The number of anilines is 1. The first-order valence-corrected chi connectivity index (χ1v) is 4.59. The van der Waals surface area contributed by atoms with Crippen molar-refractivity contribution < 1.29 is 18.3 Å². The van der Waals surface area contributed by atoms with Crippen LogP contribution in [-0.2, 0) is 4.79 Å². The summed E-state index contributed by atoms with van der Waals surface area (Å²) in [6.45, 7) is -1.48. The summed E-state index contributed by atoms with van der Waals surface area (Å²) >= 11 is 0. The predicted octanol–water partition coefficient (Wildman–Crippen LogP) is 1.49. The van der Waals surface area contributed by atoms with Crippen molar-refractivity contribution in [2.45, 2.75) is 13.5 Å². The second-order valence-corrected chi connectivity index (χ2v) is 3.08. The standard InChI is InChI=1S/C10H12F2N2O2/c1-6-3-2-4-7(16-10(11)12)9(6)14-8(15)5-13/h2-4,10H,5,13H2,1H3,(H,14,15). The number of rotatable bonds is 4. The first kappa shape index (κ1) is 12.4. The Kier molecular flexibility index (Phi) is 4.19. The molecule has 0 atom stereocenters. The molecule has 6 heteroatoms. The average molecular weight is 230 g/mol. The summed E-state index contributed by atoms with van der Waals surface area (Å²) in [5.74, 6) is -0.537. The van der Waals surface area contributed by atoms with E-state index in [9.17, 15) is 13.6 Å². The molecule has 0 aromatic heterocycles. The summed E-state index contributed by atoms with van der Waals surface area (Å²) in [5, 5.41) is 2.41. The Hall–Kier alpha value is -1.69. The molecule has 0 bridgehead atoms. The van der Waals surface area contributed by atoms with E-state index in [0.717, 1.165) is 0 Å². The maximum atomic E-state index is 12.1. The molecule has 1 rings (SSSR count). The molecule has 0 aliphatic rings. The van der Waals surface area contributed by atoms with Gasteiger partial charge in [0.25, 0.3) is 0 Å². The molecule has 0 fully saturated rings. The molecular weight excluding hydrogens is 218 g/mol. The van der Waals surface area contributed by atoms with Gasteiger partial charge in [-0.1, -0.05) is 12.1 Å². The van der Waals surface area contributed by atoms with Crippen molar-refractivity contribution in [2.75, 3.05) is 11.9 Å². The van der Waals surface area contributed by atoms with Crippen molar-refractivity contribution in [3.63, 3.8) is 0 Å². The first-order chi connectivity index (χ1) is 7.54. The van der Waals surface area contributed by atoms with Crippen LogP contribution in [0.25, 0.3) is 0 Å². The van der Waals surface area contributed by atoms with Gasteiger partial charge in [-0.2, -0.15) is 8.78 Å². The van der Waals surface area contributed by atoms with Gasteiger partial charge in [0, 0.05) is 0 Å². The third kappa shape index (κ3) is 3.16. The number of carbonyl (C=O) groups is 1. The van der Waals surface area contributed by atoms with E-state index in [1.807, 2.05) is 0 Å². The van der Waals surface area contributed by atoms with Gasteiger partial charge in [0.2, 0.25) is 5.91 Å². The van der Waals surface area contributed by atoms with Crippen LogP contribution in [0, 0.1) is 6.92 Å². The topological polar surface area (TPSA) is 64.3 Å². The van der Waals surface area contributed by atoms with E-state index >= 15 is 0 Å². The number of alkyl halides is 2. The highest BCUT2D eigenvalue weighted by Crippen LogP contribution is 2.29. The average Bonchev–Trinajstić information content (AvgIpc) is 2.22. The van der Waals surface area contributed by atoms with Crippen molar-refractivity contribution in [2.24, 2.45) is 5.73 Å². The van der Waals surface area contributed by atoms with Gasteiger partial charge in [0.15, 0.2) is 0 Å². The molecule has 1 aromatic rings. The molecule has 0 saturated heterocycles. The van der Waals surface area contributed by atoms with Gasteiger partial charge in [-0.05, 0) is 18.6 Å². The highest BCUT2D eigenvalue weighted by molar-refractivity contribution is 5.94. The van der Waals surface area contributed by atoms with E-state index in [1.165, 1.54) is 6.07 Å². The molecule has 0 radical (unpaired) electrons. The smallest absolute Gasteiger partial charge is 0.387 e. The molecule has 0 aliphatic heterocycles. The Bertz CT molecular complexity index is 383. The van der Waals surface area contributed by atoms with Crippen LogP contribution in [0.2, 0.25) is 0 Å². The number of ether oxygens (including phenoxy) is 1. The molecule has 0 unspecified atom stereocenters. The fourth-order valence-corrected chi connectivity index (χ4v) is 1.19. The zero-order valence-corrected chi connectivity index (χ0v) is 8.67. The number of hydrogen-bond donors (Lipinski definition) is 2. The summed E-state index contributed by atoms with van der Waals surface area (Å²) in [4.78, 5) is 11.1. The number of amides is 1. The predicted molar refractivity (Wildman–Crippen MR) is 55.5 cm³/mol. The molecule has 0 saturated carbocycles. The Morgan fingerprint density at radius 3 is 2.81 bits per heavy atom. The zero-order chi connectivity index (χ0) is 12.1. The van der Waals surface area contributed by atoms with E-state index in [4.69, 9.17) is 5.73 Å². The number of carbonyl (C=O) groups excluding carboxylic acids is 1. The molecule has 3 N–H and O–H groups in total. The minimum atomic E-state index is -2.93. The second-order valence-electron chi connectivity index (χ2n) is 3.08. The lowest BCUT2D eigenvalue weighted by Gasteiger charge is -2.13. The fraction of sp³-hybridized carbons (Fsp3) is 0.300. The highest BCUT2D eigenvalue weighted by atomic mass is 19.3. The van der Waals surface area contributed by atoms with Crippen molar-refractivity contribution >= 4 is 11.6 Å². The van der Waals surface area contributed by atoms with Gasteiger partial charge < -0.3 is 15.8 Å². The molecule has 16 heavy (non-hydrogen) atoms. The van der Waals surface area contributed by atoms with Gasteiger partial charge in [0.1, 0.15) is 5.75 Å². The molecule has 1 amide bonds. The Morgan fingerprint density at radius 2 is 2.25 bits per heavy atom. The summed E-state index contributed by atoms with van der Waals surface area (Å²) in [5.41, 5.74) is 5.97. The van der Waals surface area contributed by atoms with Crippen LogP contribution in [0.5, 0.6) is 5.75 Å². The summed E-state index contributed by atoms with van der Waals surface area (Å²) in [6.07, 6.45) is 0. The van der Waals surface area contributed by atoms with E-state index in [0.29, 0.717) is 5.56 Å². The molecule has 88 valence electrons. The fourth-order valence-electron chi connectivity index (χ4n) is 1.19. The minimum Gasteiger partial charge on any atom is -0.433 e. The Labute approximate surface area is 91.4 Å². The van der Waals surface area contributed by atoms with Crippen LogP contribution in [0.4, 0.5) is 14.5 Å². The van der Waals surface area contributed by atoms with Gasteiger partial charge in [-0.3, -0.25) is 4.79 Å². The first-order valence-electron chi connectivity index (χ1n) is 4.59. The number of nitrogens with two attached hydrogens (primary N) is 1. The number of hydrogen-bond acceptors (Lipinski definition) is 3. The lowest BCUT2D eigenvalue weighted by molar-refractivity contribution is -0.115. The molecule has 1 aromatic carbocycles. The van der Waals surface area contributed by atoms with Gasteiger partial charge in [-0.25, -0.2) is 0 Å². The van der Waals surface area contributed by atoms with Crippen LogP contribution < -0.4 is 15.8 Å². The SMILES string of the molecule is Cc1cccc(OC(F)F)c1NC(=O)CN. The molecule has 0 aliphatic carbocycles. The van der Waals surface area contributed by atoms with E-state index in [1.54, 1.807) is 19.1 Å². The van der Waals surface area contributed by atoms with Crippen LogP contribution in [0.3, 0.4) is 0 Å². The Morgan fingerprint density at radius 1 is 1.56 bits per heavy atom. The lowest BCUT2D eigenvalue weighted by atomic mass is 10.2. The number of para-hydroxylation sites is 1. The highest BCUT2D eigenvalue weighted by Gasteiger charge is 2.13. The molecule has 0 spiro atoms. The van der Waals surface area contributed by atoms with Crippen molar-refractivity contribution in [1.82, 2.24) is 0 Å².